The molecule has 0 saturated heterocycles. The average molecular weight is 833 g/mol. The number of sulfone groups is 1. The number of thiazole rings is 1. The summed E-state index contributed by atoms with van der Waals surface area (Å²) in [6.07, 6.45) is 1.51. The maximum absolute atomic E-state index is 14.2. The molecule has 0 bridgehead atoms. The van der Waals surface area contributed by atoms with Crippen molar-refractivity contribution in [2.75, 3.05) is 11.5 Å². The second-order valence-corrected chi connectivity index (χ2v) is 22.0. The van der Waals surface area contributed by atoms with Crippen molar-refractivity contribution in [1.82, 2.24) is 9.97 Å². The van der Waals surface area contributed by atoms with E-state index in [1.807, 2.05) is 39.0 Å². The van der Waals surface area contributed by atoms with E-state index in [0.717, 1.165) is 31.0 Å². The number of nitrogens with two attached hydrogens (primary N) is 2. The zero-order valence-corrected chi connectivity index (χ0v) is 32.1. The zero-order chi connectivity index (χ0) is 34.1. The Morgan fingerprint density at radius 3 is 2.15 bits per heavy atom. The Morgan fingerprint density at radius 2 is 1.59 bits per heavy atom. The van der Waals surface area contributed by atoms with Crippen molar-refractivity contribution in [3.63, 3.8) is 0 Å². The summed E-state index contributed by atoms with van der Waals surface area (Å²) in [5.41, 5.74) is 11.5. The fourth-order valence-corrected chi connectivity index (χ4v) is 12.6. The van der Waals surface area contributed by atoms with Crippen LogP contribution >= 0.6 is 54.5 Å². The number of hydrogen-bond acceptors (Lipinski definition) is 11. The van der Waals surface area contributed by atoms with Gasteiger partial charge in [-0.1, -0.05) is 22.0 Å². The monoisotopic (exact) mass is 830 g/mol. The van der Waals surface area contributed by atoms with Gasteiger partial charge in [0.25, 0.3) is 0 Å². The molecule has 9 nitrogen and oxygen atoms in total. The number of hydrogen-bond donors (Lipinski definition) is 2. The van der Waals surface area contributed by atoms with E-state index in [4.69, 9.17) is 11.5 Å². The first-order chi connectivity index (χ1) is 21.2. The van der Waals surface area contributed by atoms with E-state index < -0.39 is 45.7 Å². The van der Waals surface area contributed by atoms with E-state index in [0.29, 0.717) is 21.1 Å². The molecular formula is C30H33Br2FN6O3S4. The van der Waals surface area contributed by atoms with Crippen LogP contribution in [0.2, 0.25) is 0 Å². The highest BCUT2D eigenvalue weighted by atomic mass is 79.9. The van der Waals surface area contributed by atoms with Crippen LogP contribution in [-0.2, 0) is 35.2 Å². The van der Waals surface area contributed by atoms with Gasteiger partial charge in [-0.3, -0.25) is 19.2 Å². The molecule has 1 aromatic carbocycles. The Labute approximate surface area is 293 Å². The van der Waals surface area contributed by atoms with Crippen molar-refractivity contribution >= 4 is 102 Å². The minimum atomic E-state index is -3.78. The van der Waals surface area contributed by atoms with E-state index in [1.165, 1.54) is 19.2 Å². The van der Waals surface area contributed by atoms with Gasteiger partial charge in [0.05, 0.1) is 35.1 Å². The van der Waals surface area contributed by atoms with Gasteiger partial charge in [-0.05, 0) is 102 Å². The Kier molecular flexibility index (Phi) is 8.94. The molecule has 0 saturated carbocycles. The number of aromatic nitrogens is 2. The molecule has 0 fully saturated rings. The number of benzene rings is 1. The molecule has 4 atom stereocenters. The van der Waals surface area contributed by atoms with Crippen LogP contribution in [0.25, 0.3) is 10.2 Å². The van der Waals surface area contributed by atoms with Crippen LogP contribution in [0.15, 0.2) is 66.9 Å². The van der Waals surface area contributed by atoms with Gasteiger partial charge >= 0.3 is 0 Å². The van der Waals surface area contributed by atoms with Crippen LogP contribution in [0.4, 0.5) is 4.39 Å². The summed E-state index contributed by atoms with van der Waals surface area (Å²) in [7, 11) is -6.19. The fourth-order valence-electron chi connectivity index (χ4n) is 5.33. The average Bonchev–Trinajstić information content (AvgIpc) is 3.53. The molecule has 0 radical (unpaired) electrons. The summed E-state index contributed by atoms with van der Waals surface area (Å²) < 4.78 is 53.8. The van der Waals surface area contributed by atoms with Gasteiger partial charge in [0, 0.05) is 16.4 Å². The highest BCUT2D eigenvalue weighted by Gasteiger charge is 2.54. The summed E-state index contributed by atoms with van der Waals surface area (Å²) in [6, 6.07) is 12.2. The van der Waals surface area contributed by atoms with Crippen LogP contribution in [0.5, 0.6) is 0 Å². The highest BCUT2D eigenvalue weighted by Crippen LogP contribution is 2.45. The lowest BCUT2D eigenvalue weighted by Crippen LogP contribution is -2.54. The normalized spacial score (nSPS) is 30.2. The van der Waals surface area contributed by atoms with Crippen LogP contribution in [-0.4, -0.2) is 56.4 Å². The van der Waals surface area contributed by atoms with Gasteiger partial charge in [0.15, 0.2) is 14.6 Å². The minimum Gasteiger partial charge on any atom is -0.386 e. The van der Waals surface area contributed by atoms with Crippen molar-refractivity contribution in [2.45, 2.75) is 55.2 Å². The summed E-state index contributed by atoms with van der Waals surface area (Å²) in [4.78, 5) is 18.1. The molecule has 246 valence electrons. The number of fused-ring (bicyclic) bond motifs is 1. The number of thiophene rings is 1. The zero-order valence-electron chi connectivity index (χ0n) is 25.7. The lowest BCUT2D eigenvalue weighted by atomic mass is 9.99. The van der Waals surface area contributed by atoms with Gasteiger partial charge in [-0.15, -0.1) is 22.7 Å². The number of rotatable bonds is 3. The molecule has 2 aliphatic heterocycles. The predicted molar refractivity (Wildman–Crippen MR) is 197 cm³/mol. The van der Waals surface area contributed by atoms with Crippen molar-refractivity contribution in [3.05, 3.63) is 78.3 Å². The Balaban J connectivity index is 0.000000182. The van der Waals surface area contributed by atoms with Crippen molar-refractivity contribution in [3.8, 4) is 0 Å². The molecule has 46 heavy (non-hydrogen) atoms. The van der Waals surface area contributed by atoms with Gasteiger partial charge < -0.3 is 11.5 Å². The molecule has 0 amide bonds. The molecule has 4 aromatic rings. The number of amidine groups is 2. The van der Waals surface area contributed by atoms with Gasteiger partial charge in [-0.2, -0.15) is 0 Å². The van der Waals surface area contributed by atoms with Gasteiger partial charge in [-0.25, -0.2) is 17.8 Å². The predicted octanol–water partition coefficient (Wildman–Crippen LogP) is 6.10. The molecule has 1 unspecified atom stereocenters. The molecular weight excluding hydrogens is 799 g/mol. The Bertz CT molecular complexity index is 2130. The van der Waals surface area contributed by atoms with E-state index in [-0.39, 0.29) is 16.5 Å². The molecule has 2 aliphatic rings. The summed E-state index contributed by atoms with van der Waals surface area (Å²) >= 11 is 9.37. The number of pyridine rings is 1. The molecule has 3 aromatic heterocycles. The highest BCUT2D eigenvalue weighted by molar-refractivity contribution is 9.11. The molecule has 0 aliphatic carbocycles. The minimum absolute atomic E-state index is 0.0844. The quantitative estimate of drug-likeness (QED) is 0.237. The molecule has 0 spiro atoms. The molecule has 16 heteroatoms. The maximum Gasteiger partial charge on any atom is 0.171 e. The number of halogens is 3. The summed E-state index contributed by atoms with van der Waals surface area (Å²) in [5, 5.41) is 0.829. The summed E-state index contributed by atoms with van der Waals surface area (Å²) in [6.45, 7) is 8.69. The van der Waals surface area contributed by atoms with E-state index in [9.17, 15) is 17.0 Å². The number of aliphatic imine (C=N–C) groups is 2. The van der Waals surface area contributed by atoms with Crippen LogP contribution in [0.3, 0.4) is 0 Å². The molecule has 5 heterocycles. The SMILES string of the molecule is C=S1(=O)C[C@@](C)(c2nc3ccc(Br)cc3s2)N=C(N)C1(C)C.C[C@@]1(c2sc(Br)cc2F)CS(=O)(=O)[C@@](C)(c2ccccn2)C(N)=N1. The maximum atomic E-state index is 14.2. The van der Waals surface area contributed by atoms with Gasteiger partial charge in [0.1, 0.15) is 33.6 Å². The van der Waals surface area contributed by atoms with Crippen molar-refractivity contribution < 1.29 is 17.0 Å². The van der Waals surface area contributed by atoms with Crippen LogP contribution in [0.1, 0.15) is 50.2 Å². The van der Waals surface area contributed by atoms with Crippen LogP contribution < -0.4 is 11.5 Å². The third-order valence-electron chi connectivity index (χ3n) is 8.49. The van der Waals surface area contributed by atoms with E-state index >= 15 is 0 Å². The number of nitrogens with zero attached hydrogens (tertiary/aromatic N) is 4. The van der Waals surface area contributed by atoms with Crippen molar-refractivity contribution in [2.24, 2.45) is 21.5 Å². The first-order valence-corrected chi connectivity index (χ1v) is 20.6. The Morgan fingerprint density at radius 1 is 0.913 bits per heavy atom. The van der Waals surface area contributed by atoms with Gasteiger partial charge in [0.2, 0.25) is 0 Å². The third-order valence-corrected chi connectivity index (χ3v) is 17.8. The first-order valence-electron chi connectivity index (χ1n) is 13.9. The lowest BCUT2D eigenvalue weighted by Gasteiger charge is -2.39. The van der Waals surface area contributed by atoms with Crippen LogP contribution in [0, 0.1) is 5.82 Å². The topological polar surface area (TPSA) is 154 Å². The molecule has 4 N–H and O–H groups in total. The van der Waals surface area contributed by atoms with Crippen molar-refractivity contribution in [1.29, 1.82) is 0 Å². The largest absolute Gasteiger partial charge is 0.386 e. The van der Waals surface area contributed by atoms with E-state index in [2.05, 4.69) is 57.7 Å². The lowest BCUT2D eigenvalue weighted by molar-refractivity contribution is 0.482. The smallest absolute Gasteiger partial charge is 0.171 e. The standard InChI is InChI=1S/C15H15BrFN3O2S2.C15H18BrN3OS2/c1-14(12-9(17)7-11(16)23-12)8-24(21,22)15(2,13(18)20-14)10-5-3-4-6-19-10;1-14(2)12(17)19-15(3,8-22(14,4)20)13-18-10-6-5-9(16)7-11(10)21-13/h3-7H,8H2,1-2H3,(H2,18,20);5-7H,4,8H2,1-3H3,(H2,17,19)/t14-,15-;15-,22?/m00/s1. The van der Waals surface area contributed by atoms with E-state index in [1.54, 1.807) is 36.5 Å². The summed E-state index contributed by atoms with van der Waals surface area (Å²) in [5.74, 6) is 3.77. The second kappa shape index (κ2) is 11.7. The Hall–Kier alpha value is -2.24. The second-order valence-electron chi connectivity index (χ2n) is 12.4. The fraction of sp³-hybridized carbons (Fsp3) is 0.367. The third kappa shape index (κ3) is 5.87. The first kappa shape index (κ1) is 35.1. The molecule has 6 rings (SSSR count).